The van der Waals surface area contributed by atoms with Gasteiger partial charge in [0.2, 0.25) is 5.91 Å². The molecule has 1 aliphatic rings. The number of nitrogens with zero attached hydrogens (tertiary/aromatic N) is 2. The number of hydrogen-bond donors (Lipinski definition) is 1. The maximum atomic E-state index is 13.4. The Morgan fingerprint density at radius 1 is 1.38 bits per heavy atom. The molecule has 0 saturated heterocycles. The lowest BCUT2D eigenvalue weighted by Crippen LogP contribution is -2.39. The lowest BCUT2D eigenvalue weighted by atomic mass is 10.0. The Labute approximate surface area is 122 Å². The predicted molar refractivity (Wildman–Crippen MR) is 77.9 cm³/mol. The molecule has 0 saturated carbocycles. The SMILES string of the molecule is O=C(/C=C/c1ccccc1F)N[C@@H]1CCn2nccc2C1. The van der Waals surface area contributed by atoms with Crippen molar-refractivity contribution in [2.24, 2.45) is 0 Å². The van der Waals surface area contributed by atoms with Gasteiger partial charge in [0, 0.05) is 42.5 Å². The first-order valence-electron chi connectivity index (χ1n) is 6.96. The zero-order valence-corrected chi connectivity index (χ0v) is 11.5. The largest absolute Gasteiger partial charge is 0.349 e. The summed E-state index contributed by atoms with van der Waals surface area (Å²) in [6, 6.07) is 8.44. The minimum Gasteiger partial charge on any atom is -0.349 e. The van der Waals surface area contributed by atoms with E-state index in [4.69, 9.17) is 0 Å². The van der Waals surface area contributed by atoms with Crippen LogP contribution in [0.15, 0.2) is 42.6 Å². The summed E-state index contributed by atoms with van der Waals surface area (Å²) in [7, 11) is 0. The van der Waals surface area contributed by atoms with Gasteiger partial charge in [0.15, 0.2) is 0 Å². The van der Waals surface area contributed by atoms with E-state index in [0.717, 1.165) is 25.1 Å². The van der Waals surface area contributed by atoms with Gasteiger partial charge in [-0.25, -0.2) is 4.39 Å². The van der Waals surface area contributed by atoms with Crippen LogP contribution in [0.3, 0.4) is 0 Å². The molecule has 21 heavy (non-hydrogen) atoms. The molecule has 1 N–H and O–H groups in total. The summed E-state index contributed by atoms with van der Waals surface area (Å²) in [4.78, 5) is 11.9. The van der Waals surface area contributed by atoms with Crippen LogP contribution in [-0.2, 0) is 17.8 Å². The summed E-state index contributed by atoms with van der Waals surface area (Å²) in [5, 5.41) is 7.15. The van der Waals surface area contributed by atoms with Crippen molar-refractivity contribution in [3.63, 3.8) is 0 Å². The number of carbonyl (C=O) groups is 1. The molecule has 3 rings (SSSR count). The van der Waals surface area contributed by atoms with Gasteiger partial charge in [-0.05, 0) is 24.6 Å². The third kappa shape index (κ3) is 3.18. The van der Waals surface area contributed by atoms with Crippen LogP contribution < -0.4 is 5.32 Å². The van der Waals surface area contributed by atoms with Crippen molar-refractivity contribution in [2.75, 3.05) is 0 Å². The van der Waals surface area contributed by atoms with Gasteiger partial charge in [-0.1, -0.05) is 18.2 Å². The van der Waals surface area contributed by atoms with Crippen LogP contribution in [0.4, 0.5) is 4.39 Å². The van der Waals surface area contributed by atoms with Crippen molar-refractivity contribution in [3.05, 3.63) is 59.7 Å². The third-order valence-electron chi connectivity index (χ3n) is 3.62. The van der Waals surface area contributed by atoms with E-state index in [2.05, 4.69) is 10.4 Å². The molecule has 0 aliphatic carbocycles. The summed E-state index contributed by atoms with van der Waals surface area (Å²) in [5.41, 5.74) is 1.54. The second-order valence-corrected chi connectivity index (χ2v) is 5.10. The lowest BCUT2D eigenvalue weighted by molar-refractivity contribution is -0.117. The van der Waals surface area contributed by atoms with E-state index >= 15 is 0 Å². The number of nitrogens with one attached hydrogen (secondary N) is 1. The first-order valence-corrected chi connectivity index (χ1v) is 6.96. The van der Waals surface area contributed by atoms with Gasteiger partial charge in [-0.3, -0.25) is 9.48 Å². The summed E-state index contributed by atoms with van der Waals surface area (Å²) >= 11 is 0. The smallest absolute Gasteiger partial charge is 0.244 e. The van der Waals surface area contributed by atoms with Gasteiger partial charge in [0.1, 0.15) is 5.82 Å². The summed E-state index contributed by atoms with van der Waals surface area (Å²) in [6.45, 7) is 0.810. The van der Waals surface area contributed by atoms with Crippen molar-refractivity contribution < 1.29 is 9.18 Å². The molecule has 0 spiro atoms. The Morgan fingerprint density at radius 2 is 2.24 bits per heavy atom. The van der Waals surface area contributed by atoms with E-state index in [-0.39, 0.29) is 17.8 Å². The molecule has 0 unspecified atom stereocenters. The summed E-state index contributed by atoms with van der Waals surface area (Å²) in [5.74, 6) is -0.528. The van der Waals surface area contributed by atoms with E-state index < -0.39 is 0 Å². The normalized spacial score (nSPS) is 17.7. The Balaban J connectivity index is 1.59. The minimum atomic E-state index is -0.330. The van der Waals surface area contributed by atoms with Crippen molar-refractivity contribution in [2.45, 2.75) is 25.4 Å². The molecule has 5 heteroatoms. The standard InChI is InChI=1S/C16H16FN3O/c17-15-4-2-1-3-12(15)5-6-16(21)19-13-8-10-20-14(11-13)7-9-18-20/h1-7,9,13H,8,10-11H2,(H,19,21)/b6-5+/t13-/m1/s1. The summed E-state index contributed by atoms with van der Waals surface area (Å²) in [6.07, 6.45) is 6.28. The van der Waals surface area contributed by atoms with Crippen molar-refractivity contribution in [1.29, 1.82) is 0 Å². The van der Waals surface area contributed by atoms with E-state index in [0.29, 0.717) is 5.56 Å². The average molecular weight is 285 g/mol. The van der Waals surface area contributed by atoms with E-state index in [1.54, 1.807) is 24.4 Å². The van der Waals surface area contributed by atoms with Gasteiger partial charge in [-0.2, -0.15) is 5.10 Å². The molecule has 1 aliphatic heterocycles. The fraction of sp³-hybridized carbons (Fsp3) is 0.250. The first-order chi connectivity index (χ1) is 10.2. The van der Waals surface area contributed by atoms with Crippen LogP contribution in [0.2, 0.25) is 0 Å². The van der Waals surface area contributed by atoms with Gasteiger partial charge in [-0.15, -0.1) is 0 Å². The maximum Gasteiger partial charge on any atom is 0.244 e. The number of rotatable bonds is 3. The molecule has 0 bridgehead atoms. The molecule has 2 aromatic rings. The topological polar surface area (TPSA) is 46.9 Å². The monoisotopic (exact) mass is 285 g/mol. The number of carbonyl (C=O) groups excluding carboxylic acids is 1. The van der Waals surface area contributed by atoms with Crippen molar-refractivity contribution >= 4 is 12.0 Å². The molecule has 1 aromatic carbocycles. The van der Waals surface area contributed by atoms with Crippen LogP contribution in [0.1, 0.15) is 17.7 Å². The Kier molecular flexibility index (Phi) is 3.81. The highest BCUT2D eigenvalue weighted by Gasteiger charge is 2.19. The fourth-order valence-corrected chi connectivity index (χ4v) is 2.52. The molecule has 1 aromatic heterocycles. The highest BCUT2D eigenvalue weighted by Crippen LogP contribution is 2.14. The third-order valence-corrected chi connectivity index (χ3v) is 3.62. The second kappa shape index (κ2) is 5.91. The van der Waals surface area contributed by atoms with Crippen LogP contribution in [0.25, 0.3) is 6.08 Å². The number of halogens is 1. The minimum absolute atomic E-state index is 0.104. The number of hydrogen-bond acceptors (Lipinski definition) is 2. The highest BCUT2D eigenvalue weighted by molar-refractivity contribution is 5.91. The van der Waals surface area contributed by atoms with Crippen molar-refractivity contribution in [1.82, 2.24) is 15.1 Å². The molecular weight excluding hydrogens is 269 g/mol. The van der Waals surface area contributed by atoms with Gasteiger partial charge in [0.25, 0.3) is 0 Å². The average Bonchev–Trinajstić information content (AvgIpc) is 2.94. The Bertz CT molecular complexity index is 678. The maximum absolute atomic E-state index is 13.4. The molecule has 108 valence electrons. The van der Waals surface area contributed by atoms with Gasteiger partial charge < -0.3 is 5.32 Å². The molecule has 2 heterocycles. The fourth-order valence-electron chi connectivity index (χ4n) is 2.52. The second-order valence-electron chi connectivity index (χ2n) is 5.10. The number of aromatic nitrogens is 2. The van der Waals surface area contributed by atoms with Crippen LogP contribution >= 0.6 is 0 Å². The molecular formula is C16H16FN3O. The molecule has 1 atom stereocenters. The first kappa shape index (κ1) is 13.5. The Hall–Kier alpha value is -2.43. The van der Waals surface area contributed by atoms with Gasteiger partial charge >= 0.3 is 0 Å². The highest BCUT2D eigenvalue weighted by atomic mass is 19.1. The zero-order valence-electron chi connectivity index (χ0n) is 11.5. The van der Waals surface area contributed by atoms with E-state index in [1.807, 2.05) is 10.7 Å². The van der Waals surface area contributed by atoms with Crippen LogP contribution in [0.5, 0.6) is 0 Å². The van der Waals surface area contributed by atoms with Crippen LogP contribution in [-0.4, -0.2) is 21.7 Å². The van der Waals surface area contributed by atoms with E-state index in [9.17, 15) is 9.18 Å². The number of fused-ring (bicyclic) bond motifs is 1. The molecule has 0 radical (unpaired) electrons. The number of aryl methyl sites for hydroxylation is 1. The Morgan fingerprint density at radius 3 is 3.10 bits per heavy atom. The summed E-state index contributed by atoms with van der Waals surface area (Å²) < 4.78 is 15.4. The quantitative estimate of drug-likeness (QED) is 0.879. The number of benzene rings is 1. The molecule has 4 nitrogen and oxygen atoms in total. The van der Waals surface area contributed by atoms with E-state index in [1.165, 1.54) is 18.2 Å². The van der Waals surface area contributed by atoms with Crippen molar-refractivity contribution in [3.8, 4) is 0 Å². The molecule has 1 amide bonds. The molecule has 0 fully saturated rings. The van der Waals surface area contributed by atoms with Crippen LogP contribution in [0, 0.1) is 5.82 Å². The predicted octanol–water partition coefficient (Wildman–Crippen LogP) is 2.17. The lowest BCUT2D eigenvalue weighted by Gasteiger charge is -2.23. The zero-order chi connectivity index (χ0) is 14.7. The van der Waals surface area contributed by atoms with Gasteiger partial charge in [0.05, 0.1) is 0 Å². The number of amides is 1.